The van der Waals surface area contributed by atoms with Crippen LogP contribution in [0.25, 0.3) is 5.65 Å². The maximum Gasteiger partial charge on any atom is 0.137 e. The van der Waals surface area contributed by atoms with Gasteiger partial charge in [-0.3, -0.25) is 4.90 Å². The Labute approximate surface area is 112 Å². The summed E-state index contributed by atoms with van der Waals surface area (Å²) in [6.45, 7) is 3.24. The molecule has 0 atom stereocenters. The second-order valence-corrected chi connectivity index (χ2v) is 5.38. The second-order valence-electron chi connectivity index (χ2n) is 5.07. The SMILES string of the molecule is ClCC1CCN(Cc2cn3ccccc3n2)CC1. The topological polar surface area (TPSA) is 20.5 Å². The van der Waals surface area contributed by atoms with Gasteiger partial charge in [-0.15, -0.1) is 11.6 Å². The normalized spacial score (nSPS) is 18.5. The zero-order valence-electron chi connectivity index (χ0n) is 10.4. The Hall–Kier alpha value is -1.06. The number of hydrogen-bond acceptors (Lipinski definition) is 2. The third-order valence-corrected chi connectivity index (χ3v) is 4.16. The van der Waals surface area contributed by atoms with E-state index in [1.807, 2.05) is 24.4 Å². The summed E-state index contributed by atoms with van der Waals surface area (Å²) >= 11 is 5.91. The van der Waals surface area contributed by atoms with E-state index in [0.29, 0.717) is 5.92 Å². The molecule has 2 aromatic heterocycles. The van der Waals surface area contributed by atoms with E-state index in [0.717, 1.165) is 36.9 Å². The Balaban J connectivity index is 1.66. The average Bonchev–Trinajstić information content (AvgIpc) is 2.82. The number of rotatable bonds is 3. The predicted molar refractivity (Wildman–Crippen MR) is 73.9 cm³/mol. The van der Waals surface area contributed by atoms with E-state index in [2.05, 4.69) is 20.5 Å². The van der Waals surface area contributed by atoms with Crippen LogP contribution in [-0.4, -0.2) is 33.3 Å². The van der Waals surface area contributed by atoms with Crippen LogP contribution in [-0.2, 0) is 6.54 Å². The number of fused-ring (bicyclic) bond motifs is 1. The van der Waals surface area contributed by atoms with Crippen LogP contribution in [0.5, 0.6) is 0 Å². The quantitative estimate of drug-likeness (QED) is 0.794. The molecule has 0 saturated carbocycles. The molecule has 0 amide bonds. The van der Waals surface area contributed by atoms with Gasteiger partial charge in [-0.2, -0.15) is 0 Å². The van der Waals surface area contributed by atoms with Crippen LogP contribution in [0.1, 0.15) is 18.5 Å². The third kappa shape index (κ3) is 2.52. The molecule has 3 rings (SSSR count). The highest BCUT2D eigenvalue weighted by Gasteiger charge is 2.18. The van der Waals surface area contributed by atoms with Crippen LogP contribution >= 0.6 is 11.6 Å². The Morgan fingerprint density at radius 2 is 2.11 bits per heavy atom. The van der Waals surface area contributed by atoms with Crippen molar-refractivity contribution in [3.63, 3.8) is 0 Å². The minimum absolute atomic E-state index is 0.712. The summed E-state index contributed by atoms with van der Waals surface area (Å²) in [5.41, 5.74) is 2.19. The monoisotopic (exact) mass is 263 g/mol. The van der Waals surface area contributed by atoms with Crippen molar-refractivity contribution in [3.05, 3.63) is 36.3 Å². The van der Waals surface area contributed by atoms with Crippen LogP contribution in [0.4, 0.5) is 0 Å². The first-order chi connectivity index (χ1) is 8.85. The maximum absolute atomic E-state index is 5.91. The number of pyridine rings is 1. The van der Waals surface area contributed by atoms with Crippen LogP contribution < -0.4 is 0 Å². The summed E-state index contributed by atoms with van der Waals surface area (Å²) < 4.78 is 2.08. The van der Waals surface area contributed by atoms with E-state index in [9.17, 15) is 0 Å². The fraction of sp³-hybridized carbons (Fsp3) is 0.500. The van der Waals surface area contributed by atoms with Gasteiger partial charge in [-0.1, -0.05) is 6.07 Å². The first kappa shape index (κ1) is 12.0. The molecule has 3 nitrogen and oxygen atoms in total. The number of imidazole rings is 1. The highest BCUT2D eigenvalue weighted by Crippen LogP contribution is 2.19. The van der Waals surface area contributed by atoms with E-state index in [1.165, 1.54) is 12.8 Å². The van der Waals surface area contributed by atoms with E-state index in [-0.39, 0.29) is 0 Å². The standard InChI is InChI=1S/C14H18ClN3/c15-9-12-4-7-17(8-5-12)10-13-11-18-6-2-1-3-14(18)16-13/h1-3,6,11-12H,4-5,7-10H2. The minimum atomic E-state index is 0.712. The van der Waals surface area contributed by atoms with Crippen molar-refractivity contribution >= 4 is 17.2 Å². The van der Waals surface area contributed by atoms with Gasteiger partial charge < -0.3 is 4.40 Å². The van der Waals surface area contributed by atoms with Crippen molar-refractivity contribution in [2.75, 3.05) is 19.0 Å². The lowest BCUT2D eigenvalue weighted by Crippen LogP contribution is -2.33. The van der Waals surface area contributed by atoms with Gasteiger partial charge in [0, 0.05) is 24.8 Å². The fourth-order valence-electron chi connectivity index (χ4n) is 2.59. The molecule has 1 fully saturated rings. The number of likely N-dealkylation sites (tertiary alicyclic amines) is 1. The van der Waals surface area contributed by atoms with E-state index < -0.39 is 0 Å². The molecule has 1 aliphatic rings. The van der Waals surface area contributed by atoms with Crippen molar-refractivity contribution in [2.45, 2.75) is 19.4 Å². The predicted octanol–water partition coefficient (Wildman–Crippen LogP) is 2.79. The summed E-state index contributed by atoms with van der Waals surface area (Å²) in [5, 5.41) is 0. The summed E-state index contributed by atoms with van der Waals surface area (Å²) in [6, 6.07) is 6.10. The molecular weight excluding hydrogens is 246 g/mol. The van der Waals surface area contributed by atoms with Gasteiger partial charge in [-0.25, -0.2) is 4.98 Å². The molecular formula is C14H18ClN3. The fourth-order valence-corrected chi connectivity index (χ4v) is 2.90. The number of hydrogen-bond donors (Lipinski definition) is 0. The molecule has 0 N–H and O–H groups in total. The molecule has 0 spiro atoms. The number of nitrogens with zero attached hydrogens (tertiary/aromatic N) is 3. The molecule has 3 heterocycles. The van der Waals surface area contributed by atoms with Crippen molar-refractivity contribution in [2.24, 2.45) is 5.92 Å². The number of halogens is 1. The van der Waals surface area contributed by atoms with Gasteiger partial charge in [-0.05, 0) is 44.0 Å². The molecule has 1 aliphatic heterocycles. The summed E-state index contributed by atoms with van der Waals surface area (Å²) in [5.74, 6) is 1.52. The molecule has 0 bridgehead atoms. The van der Waals surface area contributed by atoms with Gasteiger partial charge in [0.05, 0.1) is 5.69 Å². The second kappa shape index (κ2) is 5.29. The highest BCUT2D eigenvalue weighted by atomic mass is 35.5. The van der Waals surface area contributed by atoms with Gasteiger partial charge >= 0.3 is 0 Å². The Bertz CT molecular complexity index is 481. The lowest BCUT2D eigenvalue weighted by molar-refractivity contribution is 0.185. The molecule has 0 aliphatic carbocycles. The van der Waals surface area contributed by atoms with Crippen LogP contribution in [0.3, 0.4) is 0 Å². The number of alkyl halides is 1. The van der Waals surface area contributed by atoms with E-state index in [1.54, 1.807) is 0 Å². The van der Waals surface area contributed by atoms with E-state index >= 15 is 0 Å². The molecule has 18 heavy (non-hydrogen) atoms. The summed E-state index contributed by atoms with van der Waals surface area (Å²) in [7, 11) is 0. The van der Waals surface area contributed by atoms with Gasteiger partial charge in [0.2, 0.25) is 0 Å². The summed E-state index contributed by atoms with van der Waals surface area (Å²) in [6.07, 6.45) is 6.61. The largest absolute Gasteiger partial charge is 0.307 e. The first-order valence-electron chi connectivity index (χ1n) is 6.56. The molecule has 1 saturated heterocycles. The first-order valence-corrected chi connectivity index (χ1v) is 7.09. The van der Waals surface area contributed by atoms with E-state index in [4.69, 9.17) is 11.6 Å². The Kier molecular flexibility index (Phi) is 3.52. The van der Waals surface area contributed by atoms with Gasteiger partial charge in [0.15, 0.2) is 0 Å². The van der Waals surface area contributed by atoms with Crippen molar-refractivity contribution in [1.82, 2.24) is 14.3 Å². The highest BCUT2D eigenvalue weighted by molar-refractivity contribution is 6.18. The summed E-state index contributed by atoms with van der Waals surface area (Å²) in [4.78, 5) is 7.12. The number of aromatic nitrogens is 2. The Morgan fingerprint density at radius 1 is 1.28 bits per heavy atom. The minimum Gasteiger partial charge on any atom is -0.307 e. The van der Waals surface area contributed by atoms with Gasteiger partial charge in [0.1, 0.15) is 5.65 Å². The van der Waals surface area contributed by atoms with Crippen molar-refractivity contribution < 1.29 is 0 Å². The smallest absolute Gasteiger partial charge is 0.137 e. The van der Waals surface area contributed by atoms with Crippen LogP contribution in [0.2, 0.25) is 0 Å². The molecule has 4 heteroatoms. The lowest BCUT2D eigenvalue weighted by atomic mass is 9.99. The van der Waals surface area contributed by atoms with Crippen LogP contribution in [0.15, 0.2) is 30.6 Å². The molecule has 0 aromatic carbocycles. The third-order valence-electron chi connectivity index (χ3n) is 3.72. The van der Waals surface area contributed by atoms with Crippen molar-refractivity contribution in [3.8, 4) is 0 Å². The van der Waals surface area contributed by atoms with Crippen molar-refractivity contribution in [1.29, 1.82) is 0 Å². The molecule has 2 aromatic rings. The number of piperidine rings is 1. The maximum atomic E-state index is 5.91. The Morgan fingerprint density at radius 3 is 2.83 bits per heavy atom. The zero-order chi connectivity index (χ0) is 12.4. The average molecular weight is 264 g/mol. The lowest BCUT2D eigenvalue weighted by Gasteiger charge is -2.30. The molecule has 0 unspecified atom stereocenters. The van der Waals surface area contributed by atoms with Gasteiger partial charge in [0.25, 0.3) is 0 Å². The zero-order valence-corrected chi connectivity index (χ0v) is 11.2. The molecule has 96 valence electrons. The molecule has 0 radical (unpaired) electrons. The van der Waals surface area contributed by atoms with Crippen LogP contribution in [0, 0.1) is 5.92 Å².